The summed E-state index contributed by atoms with van der Waals surface area (Å²) in [5, 5.41) is 11.3. The molecule has 2 fully saturated rings. The van der Waals surface area contributed by atoms with Crippen LogP contribution in [-0.4, -0.2) is 35.0 Å². The number of rotatable bonds is 4. The number of hydrogen-bond acceptors (Lipinski definition) is 5. The van der Waals surface area contributed by atoms with Gasteiger partial charge in [0.05, 0.1) is 5.41 Å². The van der Waals surface area contributed by atoms with E-state index in [1.54, 1.807) is 29.7 Å². The number of carbonyl (C=O) groups excluding carboxylic acids is 1. The number of aromatic nitrogens is 1. The minimum Gasteiger partial charge on any atom is -0.473 e. The van der Waals surface area contributed by atoms with Gasteiger partial charge in [0.25, 0.3) is 0 Å². The van der Waals surface area contributed by atoms with E-state index < -0.39 is 0 Å². The fourth-order valence-electron chi connectivity index (χ4n) is 4.30. The van der Waals surface area contributed by atoms with E-state index in [0.29, 0.717) is 24.5 Å². The number of pyridine rings is 1. The zero-order valence-corrected chi connectivity index (χ0v) is 16.1. The number of nitrogens with zero attached hydrogens (tertiary/aromatic N) is 3. The van der Waals surface area contributed by atoms with E-state index in [9.17, 15) is 10.1 Å². The maximum Gasteiger partial charge on any atom is 0.234 e. The van der Waals surface area contributed by atoms with Crippen LogP contribution in [-0.2, 0) is 10.2 Å². The average molecular weight is 382 g/mol. The molecule has 2 aromatic heterocycles. The van der Waals surface area contributed by atoms with Crippen LogP contribution in [0, 0.1) is 11.3 Å². The van der Waals surface area contributed by atoms with E-state index in [1.807, 2.05) is 11.0 Å². The van der Waals surface area contributed by atoms with Gasteiger partial charge in [0, 0.05) is 37.0 Å². The van der Waals surface area contributed by atoms with E-state index in [2.05, 4.69) is 22.5 Å². The van der Waals surface area contributed by atoms with Crippen molar-refractivity contribution in [1.82, 2.24) is 9.88 Å². The Morgan fingerprint density at radius 3 is 2.70 bits per heavy atom. The summed E-state index contributed by atoms with van der Waals surface area (Å²) in [5.41, 5.74) is 0.148. The topological polar surface area (TPSA) is 66.2 Å². The quantitative estimate of drug-likeness (QED) is 0.806. The number of likely N-dealkylation sites (tertiary alicyclic amines) is 1. The Hall–Kier alpha value is -2.39. The van der Waals surface area contributed by atoms with Crippen molar-refractivity contribution in [1.29, 1.82) is 5.26 Å². The molecule has 1 saturated carbocycles. The van der Waals surface area contributed by atoms with Gasteiger partial charge in [-0.15, -0.1) is 11.3 Å². The predicted octanol–water partition coefficient (Wildman–Crippen LogP) is 3.90. The van der Waals surface area contributed by atoms with Gasteiger partial charge in [0.1, 0.15) is 17.7 Å². The number of hydrogen-bond donors (Lipinski definition) is 0. The van der Waals surface area contributed by atoms with E-state index >= 15 is 0 Å². The normalized spacial score (nSPS) is 19.6. The highest BCUT2D eigenvalue weighted by molar-refractivity contribution is 7.10. The third kappa shape index (κ3) is 3.44. The van der Waals surface area contributed by atoms with Gasteiger partial charge in [0.15, 0.2) is 0 Å². The van der Waals surface area contributed by atoms with Crippen LogP contribution in [0.15, 0.2) is 35.8 Å². The number of thiophene rings is 1. The van der Waals surface area contributed by atoms with E-state index in [-0.39, 0.29) is 17.4 Å². The van der Waals surface area contributed by atoms with Gasteiger partial charge in [-0.3, -0.25) is 4.79 Å². The molecule has 2 aliphatic rings. The molecule has 3 heterocycles. The largest absolute Gasteiger partial charge is 0.473 e. The van der Waals surface area contributed by atoms with Crippen molar-refractivity contribution in [2.75, 3.05) is 13.1 Å². The number of ether oxygens (including phenoxy) is 1. The Morgan fingerprint density at radius 2 is 2.04 bits per heavy atom. The Balaban J connectivity index is 1.42. The van der Waals surface area contributed by atoms with E-state index in [1.165, 1.54) is 4.88 Å². The van der Waals surface area contributed by atoms with Crippen molar-refractivity contribution >= 4 is 17.2 Å². The van der Waals surface area contributed by atoms with Crippen LogP contribution in [0.25, 0.3) is 0 Å². The lowest BCUT2D eigenvalue weighted by atomic mass is 9.82. The Kier molecular flexibility index (Phi) is 5.13. The summed E-state index contributed by atoms with van der Waals surface area (Å²) in [5.74, 6) is 0.687. The van der Waals surface area contributed by atoms with Crippen molar-refractivity contribution in [3.8, 4) is 11.9 Å². The molecule has 6 heteroatoms. The molecule has 0 N–H and O–H groups in total. The summed E-state index contributed by atoms with van der Waals surface area (Å²) >= 11 is 1.71. The van der Waals surface area contributed by atoms with Gasteiger partial charge in [-0.05, 0) is 36.4 Å². The van der Waals surface area contributed by atoms with Crippen molar-refractivity contribution < 1.29 is 9.53 Å². The molecule has 27 heavy (non-hydrogen) atoms. The molecule has 0 atom stereocenters. The molecule has 4 rings (SSSR count). The molecular formula is C21H23N3O2S. The van der Waals surface area contributed by atoms with Gasteiger partial charge in [-0.25, -0.2) is 4.98 Å². The highest BCUT2D eigenvalue weighted by Gasteiger charge is 2.46. The van der Waals surface area contributed by atoms with Crippen LogP contribution >= 0.6 is 11.3 Å². The van der Waals surface area contributed by atoms with Gasteiger partial charge >= 0.3 is 0 Å². The molecule has 1 saturated heterocycles. The lowest BCUT2D eigenvalue weighted by Crippen LogP contribution is -2.49. The van der Waals surface area contributed by atoms with Crippen LogP contribution in [0.2, 0.25) is 0 Å². The third-order valence-corrected chi connectivity index (χ3v) is 6.83. The lowest BCUT2D eigenvalue weighted by molar-refractivity contribution is -0.139. The molecule has 140 valence electrons. The second-order valence-corrected chi connectivity index (χ2v) is 8.29. The lowest BCUT2D eigenvalue weighted by Gasteiger charge is -2.38. The van der Waals surface area contributed by atoms with Crippen LogP contribution in [0.1, 0.15) is 49.0 Å². The first-order chi connectivity index (χ1) is 13.2. The second-order valence-electron chi connectivity index (χ2n) is 7.34. The fourth-order valence-corrected chi connectivity index (χ4v) is 5.28. The van der Waals surface area contributed by atoms with Crippen LogP contribution in [0.5, 0.6) is 5.88 Å². The Labute approximate surface area is 163 Å². The molecule has 1 amide bonds. The van der Waals surface area contributed by atoms with Gasteiger partial charge < -0.3 is 9.64 Å². The fraction of sp³-hybridized carbons (Fsp3) is 0.476. The molecule has 1 aliphatic carbocycles. The van der Waals surface area contributed by atoms with Crippen LogP contribution in [0.4, 0.5) is 0 Å². The summed E-state index contributed by atoms with van der Waals surface area (Å²) in [6.45, 7) is 1.40. The van der Waals surface area contributed by atoms with E-state index in [0.717, 1.165) is 38.5 Å². The smallest absolute Gasteiger partial charge is 0.234 e. The highest BCUT2D eigenvalue weighted by atomic mass is 32.1. The van der Waals surface area contributed by atoms with Crippen LogP contribution < -0.4 is 4.74 Å². The summed E-state index contributed by atoms with van der Waals surface area (Å²) in [7, 11) is 0. The van der Waals surface area contributed by atoms with Crippen molar-refractivity contribution in [2.24, 2.45) is 0 Å². The molecule has 0 bridgehead atoms. The average Bonchev–Trinajstić information content (AvgIpc) is 3.41. The maximum absolute atomic E-state index is 13.4. The first kappa shape index (κ1) is 18.0. The molecule has 0 unspecified atom stereocenters. The Morgan fingerprint density at radius 1 is 1.26 bits per heavy atom. The van der Waals surface area contributed by atoms with Crippen molar-refractivity contribution in [3.05, 3.63) is 46.3 Å². The van der Waals surface area contributed by atoms with E-state index in [4.69, 9.17) is 4.74 Å². The first-order valence-corrected chi connectivity index (χ1v) is 10.5. The highest BCUT2D eigenvalue weighted by Crippen LogP contribution is 2.44. The number of nitriles is 1. The summed E-state index contributed by atoms with van der Waals surface area (Å²) in [4.78, 5) is 20.8. The van der Waals surface area contributed by atoms with Crippen molar-refractivity contribution in [2.45, 2.75) is 50.0 Å². The summed E-state index contributed by atoms with van der Waals surface area (Å²) < 4.78 is 5.96. The first-order valence-electron chi connectivity index (χ1n) is 9.58. The monoisotopic (exact) mass is 381 g/mol. The minimum absolute atomic E-state index is 0.00249. The maximum atomic E-state index is 13.4. The number of piperidine rings is 1. The molecule has 1 aliphatic heterocycles. The summed E-state index contributed by atoms with van der Waals surface area (Å²) in [6, 6.07) is 9.74. The van der Waals surface area contributed by atoms with Crippen molar-refractivity contribution in [3.63, 3.8) is 0 Å². The number of amides is 1. The zero-order valence-electron chi connectivity index (χ0n) is 15.3. The second kappa shape index (κ2) is 7.69. The SMILES string of the molecule is N#Cc1cccnc1OC1CCN(C(=O)C2(c3cccs3)CCCC2)CC1. The zero-order chi connectivity index (χ0) is 18.7. The third-order valence-electron chi connectivity index (χ3n) is 5.76. The summed E-state index contributed by atoms with van der Waals surface area (Å²) in [6.07, 6.45) is 7.35. The molecule has 0 aromatic carbocycles. The standard InChI is InChI=1S/C21H23N3O2S/c22-15-16-5-3-11-23-19(16)26-17-7-12-24(13-8-17)20(25)21(9-1-2-10-21)18-6-4-14-27-18/h3-6,11,14,17H,1-2,7-10,12-13H2. The molecule has 2 aromatic rings. The minimum atomic E-state index is -0.309. The Bertz CT molecular complexity index is 829. The predicted molar refractivity (Wildman–Crippen MR) is 104 cm³/mol. The molecule has 5 nitrogen and oxygen atoms in total. The molecule has 0 spiro atoms. The number of carbonyl (C=O) groups is 1. The molecule has 0 radical (unpaired) electrons. The van der Waals surface area contributed by atoms with Gasteiger partial charge in [0.2, 0.25) is 11.8 Å². The molecular weight excluding hydrogens is 358 g/mol. The van der Waals surface area contributed by atoms with Gasteiger partial charge in [-0.2, -0.15) is 5.26 Å². The van der Waals surface area contributed by atoms with Gasteiger partial charge in [-0.1, -0.05) is 18.9 Å². The van der Waals surface area contributed by atoms with Crippen LogP contribution in [0.3, 0.4) is 0 Å².